The minimum atomic E-state index is -0.152. The first-order valence-electron chi connectivity index (χ1n) is 6.31. The van der Waals surface area contributed by atoms with Crippen LogP contribution in [0.2, 0.25) is 0 Å². The lowest BCUT2D eigenvalue weighted by Gasteiger charge is -2.26. The first-order chi connectivity index (χ1) is 7.72. The Balaban J connectivity index is 1.63. The molecular weight excluding hydrogens is 218 g/mol. The second-order valence-electron chi connectivity index (χ2n) is 5.49. The van der Waals surface area contributed by atoms with Crippen molar-refractivity contribution < 1.29 is 5.11 Å². The Morgan fingerprint density at radius 1 is 1.50 bits per heavy atom. The molecule has 0 aliphatic heterocycles. The van der Waals surface area contributed by atoms with E-state index in [-0.39, 0.29) is 6.10 Å². The van der Waals surface area contributed by atoms with E-state index >= 15 is 0 Å². The van der Waals surface area contributed by atoms with E-state index in [1.54, 1.807) is 11.3 Å². The van der Waals surface area contributed by atoms with Crippen molar-refractivity contribution in [3.63, 3.8) is 0 Å². The van der Waals surface area contributed by atoms with Gasteiger partial charge in [0.25, 0.3) is 0 Å². The van der Waals surface area contributed by atoms with Gasteiger partial charge in [-0.15, -0.1) is 11.3 Å². The number of nitrogens with zero attached hydrogens (tertiary/aromatic N) is 1. The van der Waals surface area contributed by atoms with E-state index in [1.165, 1.54) is 25.7 Å². The van der Waals surface area contributed by atoms with Crippen LogP contribution in [-0.2, 0) is 6.42 Å². The summed E-state index contributed by atoms with van der Waals surface area (Å²) in [5.74, 6) is 2.28. The lowest BCUT2D eigenvalue weighted by molar-refractivity contribution is 0.0750. The number of aryl methyl sites for hydroxylation is 1. The van der Waals surface area contributed by atoms with Gasteiger partial charge in [0.05, 0.1) is 11.1 Å². The molecule has 1 aromatic rings. The lowest BCUT2D eigenvalue weighted by atomic mass is 9.84. The molecule has 1 heterocycles. The molecule has 3 rings (SSSR count). The summed E-state index contributed by atoms with van der Waals surface area (Å²) >= 11 is 1.69. The van der Waals surface area contributed by atoms with Crippen LogP contribution >= 0.6 is 11.3 Å². The molecule has 0 spiro atoms. The minimum absolute atomic E-state index is 0.152. The Kier molecular flexibility index (Phi) is 2.76. The number of aromatic nitrogens is 1. The molecule has 4 atom stereocenters. The SMILES string of the molecule is Cc1csc(CC(O)C2CC3CCC2C3)n1. The van der Waals surface area contributed by atoms with Gasteiger partial charge in [0.1, 0.15) is 0 Å². The van der Waals surface area contributed by atoms with Crippen molar-refractivity contribution in [2.75, 3.05) is 0 Å². The second kappa shape index (κ2) is 4.11. The van der Waals surface area contributed by atoms with Gasteiger partial charge in [-0.05, 0) is 43.9 Å². The molecule has 1 N–H and O–H groups in total. The van der Waals surface area contributed by atoms with E-state index < -0.39 is 0 Å². The molecule has 4 unspecified atom stereocenters. The standard InChI is InChI=1S/C13H19NOS/c1-8-7-16-13(14-8)6-12(15)11-5-9-2-3-10(11)4-9/h7,9-12,15H,2-6H2,1H3. The van der Waals surface area contributed by atoms with Gasteiger partial charge >= 0.3 is 0 Å². The first kappa shape index (κ1) is 10.7. The molecule has 0 amide bonds. The van der Waals surface area contributed by atoms with E-state index in [4.69, 9.17) is 0 Å². The monoisotopic (exact) mass is 237 g/mol. The van der Waals surface area contributed by atoms with Gasteiger partial charge in [0.15, 0.2) is 0 Å². The quantitative estimate of drug-likeness (QED) is 0.877. The Labute approximate surface area is 101 Å². The second-order valence-corrected chi connectivity index (χ2v) is 6.44. The Hall–Kier alpha value is -0.410. The third-order valence-electron chi connectivity index (χ3n) is 4.34. The van der Waals surface area contributed by atoms with Crippen molar-refractivity contribution in [1.82, 2.24) is 4.98 Å². The van der Waals surface area contributed by atoms with Crippen molar-refractivity contribution >= 4 is 11.3 Å². The number of fused-ring (bicyclic) bond motifs is 2. The largest absolute Gasteiger partial charge is 0.392 e. The van der Waals surface area contributed by atoms with Crippen LogP contribution in [0.15, 0.2) is 5.38 Å². The fourth-order valence-corrected chi connectivity index (χ4v) is 4.41. The van der Waals surface area contributed by atoms with Crippen LogP contribution in [0.1, 0.15) is 36.4 Å². The lowest BCUT2D eigenvalue weighted by Crippen LogP contribution is -2.27. The average molecular weight is 237 g/mol. The van der Waals surface area contributed by atoms with Gasteiger partial charge < -0.3 is 5.11 Å². The highest BCUT2D eigenvalue weighted by molar-refractivity contribution is 7.09. The predicted octanol–water partition coefficient (Wildman–Crippen LogP) is 2.79. The van der Waals surface area contributed by atoms with Crippen LogP contribution in [0.3, 0.4) is 0 Å². The van der Waals surface area contributed by atoms with Crippen molar-refractivity contribution in [3.8, 4) is 0 Å². The van der Waals surface area contributed by atoms with Crippen molar-refractivity contribution in [2.45, 2.75) is 45.1 Å². The number of hydrogen-bond donors (Lipinski definition) is 1. The zero-order valence-electron chi connectivity index (χ0n) is 9.72. The van der Waals surface area contributed by atoms with Crippen molar-refractivity contribution in [3.05, 3.63) is 16.1 Å². The molecule has 16 heavy (non-hydrogen) atoms. The summed E-state index contributed by atoms with van der Waals surface area (Å²) in [5.41, 5.74) is 1.08. The number of rotatable bonds is 3. The maximum Gasteiger partial charge on any atom is 0.0954 e. The van der Waals surface area contributed by atoms with E-state index in [9.17, 15) is 5.11 Å². The molecule has 0 saturated heterocycles. The molecule has 2 aliphatic rings. The molecule has 3 heteroatoms. The topological polar surface area (TPSA) is 33.1 Å². The summed E-state index contributed by atoms with van der Waals surface area (Å²) in [6, 6.07) is 0. The van der Waals surface area contributed by atoms with Crippen LogP contribution < -0.4 is 0 Å². The molecule has 88 valence electrons. The fraction of sp³-hybridized carbons (Fsp3) is 0.769. The molecule has 2 fully saturated rings. The highest BCUT2D eigenvalue weighted by Crippen LogP contribution is 2.49. The van der Waals surface area contributed by atoms with Crippen LogP contribution in [0.5, 0.6) is 0 Å². The Bertz CT molecular complexity index is 376. The van der Waals surface area contributed by atoms with Crippen molar-refractivity contribution in [1.29, 1.82) is 0 Å². The van der Waals surface area contributed by atoms with Crippen LogP contribution in [0.25, 0.3) is 0 Å². The average Bonchev–Trinajstić information content (AvgIpc) is 2.93. The highest BCUT2D eigenvalue weighted by atomic mass is 32.1. The summed E-state index contributed by atoms with van der Waals surface area (Å²) in [4.78, 5) is 4.44. The summed E-state index contributed by atoms with van der Waals surface area (Å²) in [5, 5.41) is 13.5. The zero-order chi connectivity index (χ0) is 11.1. The Morgan fingerprint density at radius 2 is 2.38 bits per heavy atom. The maximum atomic E-state index is 10.3. The predicted molar refractivity (Wildman–Crippen MR) is 65.5 cm³/mol. The molecule has 2 nitrogen and oxygen atoms in total. The molecule has 2 aliphatic carbocycles. The van der Waals surface area contributed by atoms with Gasteiger partial charge in [-0.2, -0.15) is 0 Å². The van der Waals surface area contributed by atoms with E-state index in [2.05, 4.69) is 10.4 Å². The molecule has 0 aromatic carbocycles. The number of hydrogen-bond acceptors (Lipinski definition) is 3. The highest BCUT2D eigenvalue weighted by Gasteiger charge is 2.42. The van der Waals surface area contributed by atoms with E-state index in [0.29, 0.717) is 5.92 Å². The normalized spacial score (nSPS) is 34.5. The zero-order valence-corrected chi connectivity index (χ0v) is 10.5. The van der Waals surface area contributed by atoms with Crippen LogP contribution in [-0.4, -0.2) is 16.2 Å². The molecule has 0 radical (unpaired) electrons. The van der Waals surface area contributed by atoms with Gasteiger partial charge in [0, 0.05) is 17.5 Å². The molecule has 1 aromatic heterocycles. The summed E-state index contributed by atoms with van der Waals surface area (Å²) in [7, 11) is 0. The third-order valence-corrected chi connectivity index (χ3v) is 5.33. The number of aliphatic hydroxyl groups excluding tert-OH is 1. The number of aliphatic hydroxyl groups is 1. The Morgan fingerprint density at radius 3 is 2.94 bits per heavy atom. The van der Waals surface area contributed by atoms with Gasteiger partial charge in [-0.1, -0.05) is 6.42 Å². The number of thiazole rings is 1. The van der Waals surface area contributed by atoms with Crippen LogP contribution in [0.4, 0.5) is 0 Å². The summed E-state index contributed by atoms with van der Waals surface area (Å²) in [6.45, 7) is 2.02. The van der Waals surface area contributed by atoms with Gasteiger partial charge in [-0.25, -0.2) is 4.98 Å². The summed E-state index contributed by atoms with van der Waals surface area (Å²) < 4.78 is 0. The molecule has 2 bridgehead atoms. The van der Waals surface area contributed by atoms with Crippen molar-refractivity contribution in [2.24, 2.45) is 17.8 Å². The molecular formula is C13H19NOS. The fourth-order valence-electron chi connectivity index (χ4n) is 3.59. The smallest absolute Gasteiger partial charge is 0.0954 e. The summed E-state index contributed by atoms with van der Waals surface area (Å²) in [6.07, 6.45) is 6.01. The van der Waals surface area contributed by atoms with Crippen LogP contribution in [0, 0.1) is 24.7 Å². The third kappa shape index (κ3) is 1.91. The van der Waals surface area contributed by atoms with E-state index in [1.807, 2.05) is 6.92 Å². The first-order valence-corrected chi connectivity index (χ1v) is 7.19. The molecule has 2 saturated carbocycles. The van der Waals surface area contributed by atoms with Gasteiger partial charge in [0.2, 0.25) is 0 Å². The van der Waals surface area contributed by atoms with E-state index in [0.717, 1.165) is 29.0 Å². The minimum Gasteiger partial charge on any atom is -0.392 e. The van der Waals surface area contributed by atoms with Gasteiger partial charge in [-0.3, -0.25) is 0 Å². The maximum absolute atomic E-state index is 10.3.